The lowest BCUT2D eigenvalue weighted by atomic mass is 9.53. The predicted molar refractivity (Wildman–Crippen MR) is 194 cm³/mol. The lowest BCUT2D eigenvalue weighted by Crippen LogP contribution is -2.53. The van der Waals surface area contributed by atoms with Crippen LogP contribution in [0.3, 0.4) is 0 Å². The van der Waals surface area contributed by atoms with Gasteiger partial charge in [-0.05, 0) is 89.0 Å². The van der Waals surface area contributed by atoms with Crippen molar-refractivity contribution in [3.63, 3.8) is 0 Å². The van der Waals surface area contributed by atoms with E-state index >= 15 is 4.79 Å². The standard InChI is InChI=1S/C38H32IN5O6/c1-22-13-15-25(16-14-22)40-43-34(46)28-21-30-27(17-18-41-36(48)42(37(49)44(30)41)26-11-7-4-8-12-26)32(23-19-29(39)33(45)31(20-23)50-2)38(28,35(43)47)24-9-5-3-6-10-24/h3-17,19-20,28,30,32,40,45H,18,21H2,1-2H3. The van der Waals surface area contributed by atoms with Gasteiger partial charge in [-0.15, -0.1) is 0 Å². The SMILES string of the molecule is COc1cc(C2C3=CCn4c(=O)n(-c5ccccc5)c(=O)n4C3CC3C(=O)N(Nc4ccc(C)cc4)C(=O)C32c2ccccc2)cc(I)c1O. The number of imide groups is 1. The highest BCUT2D eigenvalue weighted by molar-refractivity contribution is 14.1. The number of methoxy groups -OCH3 is 1. The summed E-state index contributed by atoms with van der Waals surface area (Å²) in [5.74, 6) is -2.47. The van der Waals surface area contributed by atoms with Crippen molar-refractivity contribution >= 4 is 40.1 Å². The van der Waals surface area contributed by atoms with Crippen molar-refractivity contribution in [1.29, 1.82) is 0 Å². The summed E-state index contributed by atoms with van der Waals surface area (Å²) in [7, 11) is 1.45. The second-order valence-corrected chi connectivity index (χ2v) is 14.0. The highest BCUT2D eigenvalue weighted by Gasteiger charge is 2.68. The summed E-state index contributed by atoms with van der Waals surface area (Å²) in [6.07, 6.45) is 1.99. The molecule has 12 heteroatoms. The molecule has 1 aliphatic carbocycles. The molecule has 8 rings (SSSR count). The van der Waals surface area contributed by atoms with Crippen molar-refractivity contribution < 1.29 is 19.4 Å². The number of amides is 2. The molecule has 11 nitrogen and oxygen atoms in total. The average Bonchev–Trinajstić information content (AvgIpc) is 3.51. The lowest BCUT2D eigenvalue weighted by molar-refractivity contribution is -0.138. The topological polar surface area (TPSA) is 128 Å². The minimum Gasteiger partial charge on any atom is -0.504 e. The molecular weight excluding hydrogens is 749 g/mol. The molecule has 1 aromatic heterocycles. The molecule has 0 radical (unpaired) electrons. The lowest BCUT2D eigenvalue weighted by Gasteiger charge is -2.49. The van der Waals surface area contributed by atoms with Crippen LogP contribution in [0.15, 0.2) is 118 Å². The Morgan fingerprint density at radius 2 is 1.58 bits per heavy atom. The van der Waals surface area contributed by atoms with Crippen LogP contribution in [0, 0.1) is 16.4 Å². The number of anilines is 1. The van der Waals surface area contributed by atoms with E-state index in [4.69, 9.17) is 4.74 Å². The van der Waals surface area contributed by atoms with Gasteiger partial charge in [0.15, 0.2) is 11.5 Å². The Morgan fingerprint density at radius 1 is 0.900 bits per heavy atom. The molecule has 4 unspecified atom stereocenters. The van der Waals surface area contributed by atoms with Gasteiger partial charge in [-0.1, -0.05) is 72.3 Å². The van der Waals surface area contributed by atoms with Gasteiger partial charge < -0.3 is 9.84 Å². The van der Waals surface area contributed by atoms with E-state index in [2.05, 4.69) is 5.43 Å². The number of allylic oxidation sites excluding steroid dienone is 2. The Labute approximate surface area is 300 Å². The van der Waals surface area contributed by atoms with Gasteiger partial charge in [-0.3, -0.25) is 15.0 Å². The summed E-state index contributed by atoms with van der Waals surface area (Å²) in [6.45, 7) is 2.03. The maximum atomic E-state index is 15.3. The van der Waals surface area contributed by atoms with E-state index in [-0.39, 0.29) is 24.5 Å². The van der Waals surface area contributed by atoms with Crippen molar-refractivity contribution in [1.82, 2.24) is 18.9 Å². The zero-order valence-electron chi connectivity index (χ0n) is 27.1. The third-order valence-corrected chi connectivity index (χ3v) is 11.1. The molecule has 5 aromatic rings. The third-order valence-electron chi connectivity index (χ3n) is 10.3. The fraction of sp³-hybridized carbons (Fsp3) is 0.211. The van der Waals surface area contributed by atoms with Gasteiger partial charge >= 0.3 is 11.4 Å². The number of aromatic nitrogens is 3. The van der Waals surface area contributed by atoms with Crippen molar-refractivity contribution in [3.05, 3.63) is 150 Å². The van der Waals surface area contributed by atoms with E-state index in [1.807, 2.05) is 96.3 Å². The average molecular weight is 782 g/mol. The molecule has 3 heterocycles. The predicted octanol–water partition coefficient (Wildman–Crippen LogP) is 5.05. The molecule has 3 aliphatic rings. The number of hydrazine groups is 1. The van der Waals surface area contributed by atoms with Crippen molar-refractivity contribution in [3.8, 4) is 17.2 Å². The molecule has 2 N–H and O–H groups in total. The van der Waals surface area contributed by atoms with Gasteiger partial charge in [-0.2, -0.15) is 5.01 Å². The van der Waals surface area contributed by atoms with Gasteiger partial charge in [0.25, 0.3) is 11.8 Å². The van der Waals surface area contributed by atoms with E-state index in [1.54, 1.807) is 36.4 Å². The summed E-state index contributed by atoms with van der Waals surface area (Å²) < 4.78 is 10.1. The zero-order chi connectivity index (χ0) is 34.9. The summed E-state index contributed by atoms with van der Waals surface area (Å²) in [5, 5.41) is 12.0. The highest BCUT2D eigenvalue weighted by atomic mass is 127. The molecule has 2 fully saturated rings. The number of aromatic hydroxyl groups is 1. The number of rotatable bonds is 6. The first-order valence-corrected chi connectivity index (χ1v) is 17.3. The van der Waals surface area contributed by atoms with Gasteiger partial charge in [0.1, 0.15) is 0 Å². The fourth-order valence-electron chi connectivity index (χ4n) is 8.10. The Hall–Kier alpha value is -5.37. The number of fused-ring (bicyclic) bond motifs is 4. The van der Waals surface area contributed by atoms with Gasteiger partial charge in [-0.25, -0.2) is 23.5 Å². The number of halogens is 1. The number of ether oxygens (including phenoxy) is 1. The van der Waals surface area contributed by atoms with Crippen LogP contribution in [0.2, 0.25) is 0 Å². The second-order valence-electron chi connectivity index (χ2n) is 12.8. The number of phenolic OH excluding ortho intramolecular Hbond substituents is 1. The van der Waals surface area contributed by atoms with E-state index in [0.717, 1.165) is 20.7 Å². The van der Waals surface area contributed by atoms with E-state index in [0.29, 0.717) is 26.1 Å². The first kappa shape index (κ1) is 31.9. The van der Waals surface area contributed by atoms with Crippen LogP contribution in [0.4, 0.5) is 5.69 Å². The number of aryl methyl sites for hydroxylation is 1. The molecule has 252 valence electrons. The number of phenols is 1. The minimum absolute atomic E-state index is 0.0476. The number of nitrogens with zero attached hydrogens (tertiary/aromatic N) is 4. The summed E-state index contributed by atoms with van der Waals surface area (Å²) >= 11 is 2.02. The maximum absolute atomic E-state index is 15.3. The van der Waals surface area contributed by atoms with Crippen LogP contribution in [-0.4, -0.2) is 43.0 Å². The summed E-state index contributed by atoms with van der Waals surface area (Å²) in [6, 6.07) is 28.1. The van der Waals surface area contributed by atoms with Crippen LogP contribution in [0.25, 0.3) is 5.69 Å². The Kier molecular flexibility index (Phi) is 7.58. The van der Waals surface area contributed by atoms with E-state index in [1.165, 1.54) is 16.5 Å². The molecular formula is C38H32IN5O6. The van der Waals surface area contributed by atoms with Crippen molar-refractivity contribution in [2.45, 2.75) is 37.3 Å². The molecule has 0 bridgehead atoms. The molecule has 1 saturated carbocycles. The van der Waals surface area contributed by atoms with Crippen LogP contribution < -0.4 is 21.5 Å². The number of nitrogens with one attached hydrogen (secondary N) is 1. The Bertz CT molecular complexity index is 2330. The molecule has 4 aromatic carbocycles. The first-order valence-electron chi connectivity index (χ1n) is 16.2. The molecule has 4 atom stereocenters. The normalized spacial score (nSPS) is 22.4. The zero-order valence-corrected chi connectivity index (χ0v) is 29.3. The Balaban J connectivity index is 1.40. The number of hydrogen-bond acceptors (Lipinski definition) is 7. The highest BCUT2D eigenvalue weighted by Crippen LogP contribution is 2.62. The van der Waals surface area contributed by atoms with Crippen molar-refractivity contribution in [2.24, 2.45) is 5.92 Å². The van der Waals surface area contributed by atoms with Crippen LogP contribution in [0.5, 0.6) is 11.5 Å². The molecule has 2 amide bonds. The quantitative estimate of drug-likeness (QED) is 0.140. The smallest absolute Gasteiger partial charge is 0.352 e. The van der Waals surface area contributed by atoms with Gasteiger partial charge in [0.05, 0.1) is 46.0 Å². The summed E-state index contributed by atoms with van der Waals surface area (Å²) in [4.78, 5) is 58.2. The van der Waals surface area contributed by atoms with Crippen LogP contribution in [0.1, 0.15) is 35.1 Å². The number of carbonyl (C=O) groups excluding carboxylic acids is 2. The Morgan fingerprint density at radius 3 is 2.26 bits per heavy atom. The molecule has 1 saturated heterocycles. The van der Waals surface area contributed by atoms with E-state index in [9.17, 15) is 19.5 Å². The van der Waals surface area contributed by atoms with Crippen LogP contribution >= 0.6 is 22.6 Å². The van der Waals surface area contributed by atoms with Gasteiger partial charge in [0, 0.05) is 5.92 Å². The molecule has 50 heavy (non-hydrogen) atoms. The maximum Gasteiger partial charge on any atom is 0.352 e. The molecule has 2 aliphatic heterocycles. The number of benzene rings is 4. The number of hydrogen-bond donors (Lipinski definition) is 2. The van der Waals surface area contributed by atoms with Crippen molar-refractivity contribution in [2.75, 3.05) is 12.5 Å². The second kappa shape index (κ2) is 11.9. The monoisotopic (exact) mass is 781 g/mol. The van der Waals surface area contributed by atoms with Crippen LogP contribution in [-0.2, 0) is 21.5 Å². The van der Waals surface area contributed by atoms with Gasteiger partial charge in [0.2, 0.25) is 0 Å². The first-order chi connectivity index (χ1) is 24.2. The molecule has 0 spiro atoms. The number of carbonyl (C=O) groups is 2. The summed E-state index contributed by atoms with van der Waals surface area (Å²) in [5.41, 5.74) is 4.62. The fourth-order valence-corrected chi connectivity index (χ4v) is 8.72. The minimum atomic E-state index is -1.46. The largest absolute Gasteiger partial charge is 0.504 e. The number of para-hydroxylation sites is 1. The third kappa shape index (κ3) is 4.54. The van der Waals surface area contributed by atoms with E-state index < -0.39 is 46.5 Å².